The van der Waals surface area contributed by atoms with Gasteiger partial charge in [0.25, 0.3) is 5.91 Å². The molecule has 1 atom stereocenters. The van der Waals surface area contributed by atoms with E-state index in [-0.39, 0.29) is 11.5 Å². The molecule has 0 aliphatic rings. The first-order valence-corrected chi connectivity index (χ1v) is 11.6. The zero-order valence-corrected chi connectivity index (χ0v) is 18.8. The number of hydrogen-bond donors (Lipinski definition) is 1. The highest BCUT2D eigenvalue weighted by atomic mass is 35.5. The van der Waals surface area contributed by atoms with Crippen molar-refractivity contribution in [2.75, 3.05) is 6.61 Å². The molecule has 5 nitrogen and oxygen atoms in total. The maximum Gasteiger partial charge on any atom is 0.358 e. The summed E-state index contributed by atoms with van der Waals surface area (Å²) in [5, 5.41) is 7.56. The number of carbonyl (C=O) groups is 2. The molecule has 0 fully saturated rings. The Morgan fingerprint density at radius 1 is 1.06 bits per heavy atom. The summed E-state index contributed by atoms with van der Waals surface area (Å²) in [4.78, 5) is 30.0. The molecule has 4 aromatic rings. The zero-order valence-electron chi connectivity index (χ0n) is 16.5. The molecule has 4 rings (SSSR count). The van der Waals surface area contributed by atoms with Gasteiger partial charge in [0.2, 0.25) is 0 Å². The molecule has 0 bridgehead atoms. The monoisotopic (exact) mass is 486 g/mol. The summed E-state index contributed by atoms with van der Waals surface area (Å²) in [6, 6.07) is 16.3. The molecule has 2 aromatic carbocycles. The minimum absolute atomic E-state index is 0.126. The Morgan fingerprint density at radius 3 is 2.50 bits per heavy atom. The predicted octanol–water partition coefficient (Wildman–Crippen LogP) is 5.73. The highest BCUT2D eigenvalue weighted by molar-refractivity contribution is 7.13. The Labute approximate surface area is 196 Å². The van der Waals surface area contributed by atoms with Crippen LogP contribution >= 0.6 is 34.3 Å². The van der Waals surface area contributed by atoms with Crippen molar-refractivity contribution in [1.29, 1.82) is 0 Å². The molecular formula is C23H16ClFN2O3S2. The van der Waals surface area contributed by atoms with E-state index < -0.39 is 24.5 Å². The van der Waals surface area contributed by atoms with E-state index in [1.54, 1.807) is 29.6 Å². The topological polar surface area (TPSA) is 68.3 Å². The number of carbonyl (C=O) groups excluding carboxylic acids is 2. The number of benzene rings is 2. The molecule has 2 heterocycles. The fourth-order valence-corrected chi connectivity index (χ4v) is 4.65. The summed E-state index contributed by atoms with van der Waals surface area (Å²) in [5.41, 5.74) is 1.68. The van der Waals surface area contributed by atoms with Gasteiger partial charge in [-0.2, -0.15) is 0 Å². The first-order chi connectivity index (χ1) is 15.5. The summed E-state index contributed by atoms with van der Waals surface area (Å²) in [5.74, 6) is -1.53. The average Bonchev–Trinajstić information content (AvgIpc) is 3.50. The predicted molar refractivity (Wildman–Crippen MR) is 124 cm³/mol. The van der Waals surface area contributed by atoms with Crippen LogP contribution in [0.1, 0.15) is 27.0 Å². The maximum absolute atomic E-state index is 13.3. The van der Waals surface area contributed by atoms with E-state index in [1.807, 2.05) is 29.6 Å². The van der Waals surface area contributed by atoms with Gasteiger partial charge in [0, 0.05) is 20.8 Å². The number of thiazole rings is 1. The number of amides is 1. The second-order valence-electron chi connectivity index (χ2n) is 6.69. The van der Waals surface area contributed by atoms with Gasteiger partial charge in [-0.15, -0.1) is 22.7 Å². The third kappa shape index (κ3) is 5.40. The van der Waals surface area contributed by atoms with Crippen LogP contribution in [0.15, 0.2) is 71.4 Å². The van der Waals surface area contributed by atoms with Gasteiger partial charge >= 0.3 is 5.97 Å². The summed E-state index contributed by atoms with van der Waals surface area (Å²) in [6.07, 6.45) is 0. The Morgan fingerprint density at radius 2 is 1.81 bits per heavy atom. The molecule has 32 heavy (non-hydrogen) atoms. The lowest BCUT2D eigenvalue weighted by Gasteiger charge is -2.18. The van der Waals surface area contributed by atoms with Gasteiger partial charge in [0.05, 0.1) is 6.04 Å². The number of rotatable bonds is 7. The Bertz CT molecular complexity index is 1210. The van der Waals surface area contributed by atoms with Crippen molar-refractivity contribution in [2.45, 2.75) is 6.04 Å². The van der Waals surface area contributed by atoms with E-state index in [4.69, 9.17) is 16.3 Å². The molecule has 162 valence electrons. The van der Waals surface area contributed by atoms with Crippen molar-refractivity contribution in [2.24, 2.45) is 0 Å². The standard InChI is InChI=1S/C23H16ClFN2O3S2/c24-16-7-3-15(4-8-16)22-26-18(13-32-22)23(29)30-12-20(28)27-21(19-2-1-11-31-19)14-5-9-17(25)10-6-14/h1-11,13,21H,12H2,(H,27,28). The van der Waals surface area contributed by atoms with Gasteiger partial charge < -0.3 is 10.1 Å². The molecule has 0 aliphatic heterocycles. The molecule has 1 N–H and O–H groups in total. The van der Waals surface area contributed by atoms with E-state index in [0.717, 1.165) is 16.0 Å². The van der Waals surface area contributed by atoms with Gasteiger partial charge in [-0.05, 0) is 41.3 Å². The minimum atomic E-state index is -0.689. The normalized spacial score (nSPS) is 11.7. The summed E-state index contributed by atoms with van der Waals surface area (Å²) in [6.45, 7) is -0.463. The lowest BCUT2D eigenvalue weighted by Crippen LogP contribution is -2.32. The van der Waals surface area contributed by atoms with Crippen molar-refractivity contribution >= 4 is 46.2 Å². The first-order valence-electron chi connectivity index (χ1n) is 9.46. The number of halogens is 2. The summed E-state index contributed by atoms with van der Waals surface area (Å²) >= 11 is 8.65. The van der Waals surface area contributed by atoms with Crippen LogP contribution in [0.4, 0.5) is 4.39 Å². The minimum Gasteiger partial charge on any atom is -0.451 e. The zero-order chi connectivity index (χ0) is 22.5. The molecule has 9 heteroatoms. The fraction of sp³-hybridized carbons (Fsp3) is 0.0870. The largest absolute Gasteiger partial charge is 0.451 e. The van der Waals surface area contributed by atoms with Crippen LogP contribution < -0.4 is 5.32 Å². The van der Waals surface area contributed by atoms with Crippen LogP contribution in [0.3, 0.4) is 0 Å². The lowest BCUT2D eigenvalue weighted by molar-refractivity contribution is -0.124. The van der Waals surface area contributed by atoms with Crippen LogP contribution in [0, 0.1) is 5.82 Å². The molecule has 0 spiro atoms. The Kier molecular flexibility index (Phi) is 6.94. The van der Waals surface area contributed by atoms with Crippen molar-refractivity contribution < 1.29 is 18.7 Å². The number of hydrogen-bond acceptors (Lipinski definition) is 6. The van der Waals surface area contributed by atoms with E-state index in [2.05, 4.69) is 10.3 Å². The van der Waals surface area contributed by atoms with Gasteiger partial charge in [-0.1, -0.05) is 41.9 Å². The molecule has 1 unspecified atom stereocenters. The highest BCUT2D eigenvalue weighted by Gasteiger charge is 2.20. The third-order valence-corrected chi connectivity index (χ3v) is 6.56. The van der Waals surface area contributed by atoms with Crippen molar-refractivity contribution in [3.8, 4) is 10.6 Å². The SMILES string of the molecule is O=C(COC(=O)c1csc(-c2ccc(Cl)cc2)n1)NC(c1ccc(F)cc1)c1cccs1. The molecular weight excluding hydrogens is 471 g/mol. The number of nitrogens with one attached hydrogen (secondary N) is 1. The number of nitrogens with zero attached hydrogens (tertiary/aromatic N) is 1. The van der Waals surface area contributed by atoms with Crippen molar-refractivity contribution in [1.82, 2.24) is 10.3 Å². The number of aromatic nitrogens is 1. The first kappa shape index (κ1) is 22.1. The third-order valence-electron chi connectivity index (χ3n) is 4.48. The van der Waals surface area contributed by atoms with Crippen LogP contribution in [0.25, 0.3) is 10.6 Å². The Hall–Kier alpha value is -3.07. The summed E-state index contributed by atoms with van der Waals surface area (Å²) in [7, 11) is 0. The molecule has 2 aromatic heterocycles. The number of thiophene rings is 1. The lowest BCUT2D eigenvalue weighted by atomic mass is 10.1. The average molecular weight is 487 g/mol. The number of ether oxygens (including phenoxy) is 1. The van der Waals surface area contributed by atoms with E-state index >= 15 is 0 Å². The van der Waals surface area contributed by atoms with Crippen LogP contribution in [0.5, 0.6) is 0 Å². The highest BCUT2D eigenvalue weighted by Crippen LogP contribution is 2.27. The van der Waals surface area contributed by atoms with Crippen molar-refractivity contribution in [3.05, 3.63) is 98.4 Å². The maximum atomic E-state index is 13.3. The van der Waals surface area contributed by atoms with Crippen molar-refractivity contribution in [3.63, 3.8) is 0 Å². The second-order valence-corrected chi connectivity index (χ2v) is 8.96. The van der Waals surface area contributed by atoms with Gasteiger partial charge in [0.15, 0.2) is 12.3 Å². The van der Waals surface area contributed by atoms with Gasteiger partial charge in [0.1, 0.15) is 10.8 Å². The van der Waals surface area contributed by atoms with Gasteiger partial charge in [-0.3, -0.25) is 4.79 Å². The van der Waals surface area contributed by atoms with Crippen LogP contribution in [0.2, 0.25) is 5.02 Å². The molecule has 0 radical (unpaired) electrons. The number of esters is 1. The van der Waals surface area contributed by atoms with Crippen LogP contribution in [-0.4, -0.2) is 23.5 Å². The Balaban J connectivity index is 1.39. The fourth-order valence-electron chi connectivity index (χ4n) is 2.93. The van der Waals surface area contributed by atoms with Gasteiger partial charge in [-0.25, -0.2) is 14.2 Å². The molecule has 0 aliphatic carbocycles. The molecule has 0 saturated carbocycles. The second kappa shape index (κ2) is 10.0. The van der Waals surface area contributed by atoms with E-state index in [1.165, 1.54) is 34.8 Å². The molecule has 1 amide bonds. The van der Waals surface area contributed by atoms with E-state index in [9.17, 15) is 14.0 Å². The quantitative estimate of drug-likeness (QED) is 0.339. The van der Waals surface area contributed by atoms with Crippen LogP contribution in [-0.2, 0) is 9.53 Å². The summed E-state index contributed by atoms with van der Waals surface area (Å²) < 4.78 is 18.4. The van der Waals surface area contributed by atoms with E-state index in [0.29, 0.717) is 10.0 Å². The smallest absolute Gasteiger partial charge is 0.358 e. The molecule has 0 saturated heterocycles.